The van der Waals surface area contributed by atoms with Crippen molar-refractivity contribution in [3.05, 3.63) is 35.9 Å². The summed E-state index contributed by atoms with van der Waals surface area (Å²) in [5.41, 5.74) is 0.967. The average Bonchev–Trinajstić information content (AvgIpc) is 2.31. The van der Waals surface area contributed by atoms with Crippen LogP contribution < -0.4 is 0 Å². The monoisotopic (exact) mass is 275 g/mol. The Labute approximate surface area is 121 Å². The highest BCUT2D eigenvalue weighted by Gasteiger charge is 2.35. The van der Waals surface area contributed by atoms with Crippen LogP contribution in [0.15, 0.2) is 30.3 Å². The number of hydrogen-bond acceptors (Lipinski definition) is 2. The summed E-state index contributed by atoms with van der Waals surface area (Å²) in [6.07, 6.45) is 3.05. The summed E-state index contributed by atoms with van der Waals surface area (Å²) in [5.74, 6) is 0.687. The first-order chi connectivity index (χ1) is 9.35. The predicted molar refractivity (Wildman–Crippen MR) is 80.7 cm³/mol. The van der Waals surface area contributed by atoms with E-state index in [0.717, 1.165) is 19.3 Å². The zero-order valence-electron chi connectivity index (χ0n) is 12.9. The smallest absolute Gasteiger partial charge is 0.410 e. The zero-order valence-corrected chi connectivity index (χ0v) is 12.9. The Morgan fingerprint density at radius 1 is 1.25 bits per heavy atom. The van der Waals surface area contributed by atoms with Crippen LogP contribution in [0.25, 0.3) is 0 Å². The molecule has 0 aromatic heterocycles. The maximum Gasteiger partial charge on any atom is 0.410 e. The van der Waals surface area contributed by atoms with Crippen molar-refractivity contribution in [2.75, 3.05) is 7.05 Å². The van der Waals surface area contributed by atoms with Gasteiger partial charge < -0.3 is 9.64 Å². The Bertz CT molecular complexity index is 444. The molecule has 1 amide bonds. The third kappa shape index (κ3) is 3.99. The van der Waals surface area contributed by atoms with Crippen molar-refractivity contribution in [3.8, 4) is 0 Å². The number of carbonyl (C=O) groups is 1. The van der Waals surface area contributed by atoms with E-state index in [9.17, 15) is 4.79 Å². The van der Waals surface area contributed by atoms with Gasteiger partial charge in [-0.15, -0.1) is 0 Å². The molecule has 0 aliphatic heterocycles. The predicted octanol–water partition coefficient (Wildman–Crippen LogP) is 3.87. The van der Waals surface area contributed by atoms with Crippen molar-refractivity contribution >= 4 is 6.09 Å². The first-order valence-electron chi connectivity index (χ1n) is 7.35. The van der Waals surface area contributed by atoms with Crippen molar-refractivity contribution in [1.29, 1.82) is 0 Å². The standard InChI is InChI=1S/C17H25NO2/c1-17(2,3)20-16(19)18(4)15-11-14(12-15)10-13-8-6-5-7-9-13/h5-9,14-15H,10-12H2,1-4H3. The summed E-state index contributed by atoms with van der Waals surface area (Å²) >= 11 is 0. The SMILES string of the molecule is CN(C(=O)OC(C)(C)C)C1CC(Cc2ccccc2)C1. The maximum atomic E-state index is 12.0. The Morgan fingerprint density at radius 2 is 1.85 bits per heavy atom. The third-order valence-electron chi connectivity index (χ3n) is 3.81. The lowest BCUT2D eigenvalue weighted by molar-refractivity contribution is 0.00666. The highest BCUT2D eigenvalue weighted by Crippen LogP contribution is 2.34. The van der Waals surface area contributed by atoms with E-state index in [0.29, 0.717) is 12.0 Å². The van der Waals surface area contributed by atoms with Crippen LogP contribution >= 0.6 is 0 Å². The molecule has 20 heavy (non-hydrogen) atoms. The molecule has 1 aliphatic carbocycles. The van der Waals surface area contributed by atoms with E-state index >= 15 is 0 Å². The van der Waals surface area contributed by atoms with E-state index in [1.165, 1.54) is 5.56 Å². The van der Waals surface area contributed by atoms with E-state index in [1.807, 2.05) is 33.9 Å². The number of amides is 1. The normalized spacial score (nSPS) is 22.0. The lowest BCUT2D eigenvalue weighted by Crippen LogP contribution is -2.47. The Balaban J connectivity index is 1.77. The van der Waals surface area contributed by atoms with Crippen molar-refractivity contribution in [2.24, 2.45) is 5.92 Å². The minimum atomic E-state index is -0.418. The number of carbonyl (C=O) groups excluding carboxylic acids is 1. The van der Waals surface area contributed by atoms with Gasteiger partial charge >= 0.3 is 6.09 Å². The summed E-state index contributed by atoms with van der Waals surface area (Å²) in [5, 5.41) is 0. The largest absolute Gasteiger partial charge is 0.444 e. The molecule has 1 saturated carbocycles. The molecular formula is C17H25NO2. The zero-order chi connectivity index (χ0) is 14.8. The van der Waals surface area contributed by atoms with Gasteiger partial charge in [0, 0.05) is 13.1 Å². The van der Waals surface area contributed by atoms with Crippen LogP contribution in [0, 0.1) is 5.92 Å². The number of ether oxygens (including phenoxy) is 1. The molecule has 0 saturated heterocycles. The fourth-order valence-corrected chi connectivity index (χ4v) is 2.61. The van der Waals surface area contributed by atoms with Crippen molar-refractivity contribution < 1.29 is 9.53 Å². The minimum absolute atomic E-state index is 0.208. The van der Waals surface area contributed by atoms with Crippen molar-refractivity contribution in [2.45, 2.75) is 51.7 Å². The molecule has 0 bridgehead atoms. The highest BCUT2D eigenvalue weighted by molar-refractivity contribution is 5.68. The van der Waals surface area contributed by atoms with Gasteiger partial charge in [-0.3, -0.25) is 0 Å². The van der Waals surface area contributed by atoms with Gasteiger partial charge in [-0.05, 0) is 51.5 Å². The Kier molecular flexibility index (Phi) is 4.36. The summed E-state index contributed by atoms with van der Waals surface area (Å²) in [4.78, 5) is 13.7. The molecule has 1 aliphatic rings. The maximum absolute atomic E-state index is 12.0. The quantitative estimate of drug-likeness (QED) is 0.838. The van der Waals surface area contributed by atoms with Crippen LogP contribution in [0.5, 0.6) is 0 Å². The molecule has 1 aromatic carbocycles. The second-order valence-electron chi connectivity index (χ2n) is 6.77. The van der Waals surface area contributed by atoms with Gasteiger partial charge in [0.2, 0.25) is 0 Å². The summed E-state index contributed by atoms with van der Waals surface area (Å²) in [6.45, 7) is 5.70. The second kappa shape index (κ2) is 5.86. The van der Waals surface area contributed by atoms with Gasteiger partial charge in [0.25, 0.3) is 0 Å². The first-order valence-corrected chi connectivity index (χ1v) is 7.35. The molecule has 0 unspecified atom stereocenters. The number of hydrogen-bond donors (Lipinski definition) is 0. The topological polar surface area (TPSA) is 29.5 Å². The fourth-order valence-electron chi connectivity index (χ4n) is 2.61. The molecule has 0 radical (unpaired) electrons. The van der Waals surface area contributed by atoms with Gasteiger partial charge in [0.05, 0.1) is 0 Å². The Morgan fingerprint density at radius 3 is 2.40 bits per heavy atom. The second-order valence-corrected chi connectivity index (χ2v) is 6.77. The van der Waals surface area contributed by atoms with Crippen LogP contribution in [0.1, 0.15) is 39.2 Å². The molecular weight excluding hydrogens is 250 g/mol. The van der Waals surface area contributed by atoms with Gasteiger partial charge in [-0.1, -0.05) is 30.3 Å². The molecule has 0 atom stereocenters. The Hall–Kier alpha value is -1.51. The molecule has 0 spiro atoms. The van der Waals surface area contributed by atoms with Gasteiger partial charge in [-0.25, -0.2) is 4.79 Å². The molecule has 3 heteroatoms. The summed E-state index contributed by atoms with van der Waals surface area (Å²) in [7, 11) is 1.84. The van der Waals surface area contributed by atoms with Gasteiger partial charge in [0.15, 0.2) is 0 Å². The lowest BCUT2D eigenvalue weighted by Gasteiger charge is -2.41. The molecule has 0 N–H and O–H groups in total. The first kappa shape index (κ1) is 14.9. The summed E-state index contributed by atoms with van der Waals surface area (Å²) in [6, 6.07) is 10.9. The third-order valence-corrected chi connectivity index (χ3v) is 3.81. The van der Waals surface area contributed by atoms with E-state index in [2.05, 4.69) is 24.3 Å². The van der Waals surface area contributed by atoms with Crippen molar-refractivity contribution in [1.82, 2.24) is 4.90 Å². The number of benzene rings is 1. The van der Waals surface area contributed by atoms with Gasteiger partial charge in [-0.2, -0.15) is 0 Å². The van der Waals surface area contributed by atoms with E-state index in [4.69, 9.17) is 4.74 Å². The number of nitrogens with zero attached hydrogens (tertiary/aromatic N) is 1. The minimum Gasteiger partial charge on any atom is -0.444 e. The number of rotatable bonds is 3. The average molecular weight is 275 g/mol. The van der Waals surface area contributed by atoms with E-state index < -0.39 is 5.60 Å². The fraction of sp³-hybridized carbons (Fsp3) is 0.588. The highest BCUT2D eigenvalue weighted by atomic mass is 16.6. The molecule has 1 fully saturated rings. The molecule has 2 rings (SSSR count). The van der Waals surface area contributed by atoms with E-state index in [1.54, 1.807) is 4.90 Å². The van der Waals surface area contributed by atoms with Crippen LogP contribution in [-0.4, -0.2) is 29.7 Å². The van der Waals surface area contributed by atoms with Crippen LogP contribution in [0.4, 0.5) is 4.79 Å². The van der Waals surface area contributed by atoms with Gasteiger partial charge in [0.1, 0.15) is 5.60 Å². The van der Waals surface area contributed by atoms with Crippen LogP contribution in [-0.2, 0) is 11.2 Å². The molecule has 0 heterocycles. The summed E-state index contributed by atoms with van der Waals surface area (Å²) < 4.78 is 5.40. The molecule has 3 nitrogen and oxygen atoms in total. The lowest BCUT2D eigenvalue weighted by atomic mass is 9.76. The van der Waals surface area contributed by atoms with E-state index in [-0.39, 0.29) is 6.09 Å². The van der Waals surface area contributed by atoms with Crippen molar-refractivity contribution in [3.63, 3.8) is 0 Å². The van der Waals surface area contributed by atoms with Crippen LogP contribution in [0.2, 0.25) is 0 Å². The molecule has 110 valence electrons. The molecule has 1 aromatic rings. The van der Waals surface area contributed by atoms with Crippen LogP contribution in [0.3, 0.4) is 0 Å².